The van der Waals surface area contributed by atoms with Crippen molar-refractivity contribution in [2.45, 2.75) is 29.5 Å². The van der Waals surface area contributed by atoms with Crippen molar-refractivity contribution in [3.8, 4) is 16.8 Å². The Hall–Kier alpha value is -3.10. The predicted octanol–water partition coefficient (Wildman–Crippen LogP) is 4.54. The molecule has 152 valence electrons. The summed E-state index contributed by atoms with van der Waals surface area (Å²) in [6, 6.07) is 17.2. The van der Waals surface area contributed by atoms with Gasteiger partial charge in [0.25, 0.3) is 5.56 Å². The third-order valence-corrected chi connectivity index (χ3v) is 6.73. The number of nitrogens with two attached hydrogens (primary N) is 2. The van der Waals surface area contributed by atoms with Gasteiger partial charge in [0, 0.05) is 11.3 Å². The molecule has 2 aromatic heterocycles. The number of hydrogen-bond acceptors (Lipinski definition) is 7. The highest BCUT2D eigenvalue weighted by Crippen LogP contribution is 2.39. The van der Waals surface area contributed by atoms with Gasteiger partial charge in [0.05, 0.1) is 17.1 Å². The smallest absolute Gasteiger partial charge is 0.271 e. The summed E-state index contributed by atoms with van der Waals surface area (Å²) in [4.78, 5) is 14.1. The molecule has 0 fully saturated rings. The molecule has 0 spiro atoms. The highest BCUT2D eigenvalue weighted by molar-refractivity contribution is 8.01. The van der Waals surface area contributed by atoms with Crippen LogP contribution in [0.1, 0.15) is 17.6 Å². The van der Waals surface area contributed by atoms with Crippen molar-refractivity contribution in [3.05, 3.63) is 75.7 Å². The van der Waals surface area contributed by atoms with Crippen LogP contribution in [0.4, 0.5) is 11.4 Å². The van der Waals surface area contributed by atoms with Gasteiger partial charge in [0.1, 0.15) is 9.90 Å². The first-order valence-corrected chi connectivity index (χ1v) is 11.1. The van der Waals surface area contributed by atoms with Crippen LogP contribution in [0.15, 0.2) is 68.6 Å². The zero-order valence-electron chi connectivity index (χ0n) is 16.6. The number of hydrogen-bond donors (Lipinski definition) is 2. The Morgan fingerprint density at radius 2 is 1.73 bits per heavy atom. The number of aryl methyl sites for hydroxylation is 1. The molecule has 2 heterocycles. The first kappa shape index (κ1) is 20.2. The molecule has 0 aliphatic rings. The average molecular weight is 436 g/mol. The average Bonchev–Trinajstić information content (AvgIpc) is 3.17. The maximum atomic E-state index is 13.7. The second-order valence-corrected chi connectivity index (χ2v) is 9.11. The van der Waals surface area contributed by atoms with Crippen molar-refractivity contribution >= 4 is 34.5 Å². The first-order chi connectivity index (χ1) is 14.5. The summed E-state index contributed by atoms with van der Waals surface area (Å²) in [5, 5.41) is 9.05. The minimum Gasteiger partial charge on any atom is -0.397 e. The lowest BCUT2D eigenvalue weighted by atomic mass is 9.99. The predicted molar refractivity (Wildman–Crippen MR) is 124 cm³/mol. The van der Waals surface area contributed by atoms with E-state index in [-0.39, 0.29) is 5.56 Å². The van der Waals surface area contributed by atoms with Crippen molar-refractivity contribution < 1.29 is 0 Å². The highest BCUT2D eigenvalue weighted by Gasteiger charge is 2.23. The minimum atomic E-state index is -0.209. The normalized spacial score (nSPS) is 11.0. The molecule has 4 rings (SSSR count). The second-order valence-electron chi connectivity index (χ2n) is 6.67. The van der Waals surface area contributed by atoms with E-state index in [1.54, 1.807) is 10.6 Å². The van der Waals surface area contributed by atoms with Crippen molar-refractivity contribution in [1.29, 1.82) is 0 Å². The zero-order valence-corrected chi connectivity index (χ0v) is 18.3. The molecule has 2 aromatic carbocycles. The van der Waals surface area contributed by atoms with Crippen molar-refractivity contribution in [3.63, 3.8) is 0 Å². The molecule has 0 radical (unpaired) electrons. The van der Waals surface area contributed by atoms with Crippen LogP contribution in [-0.2, 0) is 6.42 Å². The van der Waals surface area contributed by atoms with Gasteiger partial charge in [-0.2, -0.15) is 0 Å². The molecule has 0 saturated heterocycles. The Morgan fingerprint density at radius 3 is 2.37 bits per heavy atom. The Morgan fingerprint density at radius 1 is 1.03 bits per heavy atom. The summed E-state index contributed by atoms with van der Waals surface area (Å²) >= 11 is 2.68. The van der Waals surface area contributed by atoms with Gasteiger partial charge in [-0.25, -0.2) is 0 Å². The Labute approximate surface area is 182 Å². The fourth-order valence-electron chi connectivity index (χ4n) is 3.43. The summed E-state index contributed by atoms with van der Waals surface area (Å²) < 4.78 is 2.36. The van der Waals surface area contributed by atoms with Crippen molar-refractivity contribution in [1.82, 2.24) is 14.8 Å². The number of aromatic nitrogens is 3. The van der Waals surface area contributed by atoms with Crippen LogP contribution >= 0.6 is 23.1 Å². The molecule has 4 aromatic rings. The molecular formula is C22H21N5OS2. The Kier molecular flexibility index (Phi) is 5.61. The minimum absolute atomic E-state index is 0.209. The summed E-state index contributed by atoms with van der Waals surface area (Å²) in [7, 11) is 0. The molecule has 0 bridgehead atoms. The molecule has 0 aliphatic heterocycles. The fourth-order valence-corrected chi connectivity index (χ4v) is 5.27. The summed E-state index contributed by atoms with van der Waals surface area (Å²) in [5.74, 6) is 0. The molecule has 6 nitrogen and oxygen atoms in total. The van der Waals surface area contributed by atoms with E-state index in [2.05, 4.69) is 10.2 Å². The van der Waals surface area contributed by atoms with Gasteiger partial charge in [0.2, 0.25) is 0 Å². The lowest BCUT2D eigenvalue weighted by molar-refractivity contribution is 0.859. The first-order valence-electron chi connectivity index (χ1n) is 9.46. The number of nitrogens with zero attached hydrogens (tertiary/aromatic N) is 3. The lowest BCUT2D eigenvalue weighted by Crippen LogP contribution is -2.26. The van der Waals surface area contributed by atoms with Crippen molar-refractivity contribution in [2.24, 2.45) is 0 Å². The van der Waals surface area contributed by atoms with E-state index in [4.69, 9.17) is 11.5 Å². The summed E-state index contributed by atoms with van der Waals surface area (Å²) in [5.41, 5.74) is 16.9. The van der Waals surface area contributed by atoms with Crippen LogP contribution in [0.3, 0.4) is 0 Å². The Balaban J connectivity index is 2.07. The number of pyridine rings is 1. The van der Waals surface area contributed by atoms with Crippen LogP contribution in [0.25, 0.3) is 16.8 Å². The molecular weight excluding hydrogens is 414 g/mol. The second kappa shape index (κ2) is 8.33. The van der Waals surface area contributed by atoms with Gasteiger partial charge in [-0.1, -0.05) is 60.7 Å². The topological polar surface area (TPSA) is 99.8 Å². The van der Waals surface area contributed by atoms with Crippen LogP contribution < -0.4 is 17.0 Å². The SMILES string of the molecule is CCc1c(-c2ccccc2)c(N)c(Sc2nnc(C)s2)c(=O)n1-c1ccccc1N. The fraction of sp³-hybridized carbons (Fsp3) is 0.136. The largest absolute Gasteiger partial charge is 0.397 e. The van der Waals surface area contributed by atoms with Crippen LogP contribution in [-0.4, -0.2) is 14.8 Å². The molecule has 0 unspecified atom stereocenters. The van der Waals surface area contributed by atoms with E-state index in [1.165, 1.54) is 23.1 Å². The molecule has 0 aliphatic carbocycles. The standard InChI is InChI=1S/C22H21N5OS2/c1-3-16-18(14-9-5-4-6-10-14)19(24)20(30-22-26-25-13(2)29-22)21(28)27(16)17-12-8-7-11-15(17)23/h4-12H,3,23-24H2,1-2H3. The molecule has 8 heteroatoms. The van der Waals surface area contributed by atoms with Crippen LogP contribution in [0, 0.1) is 6.92 Å². The molecule has 4 N–H and O–H groups in total. The lowest BCUT2D eigenvalue weighted by Gasteiger charge is -2.21. The van der Waals surface area contributed by atoms with Crippen LogP contribution in [0.5, 0.6) is 0 Å². The van der Waals surface area contributed by atoms with Crippen molar-refractivity contribution in [2.75, 3.05) is 11.5 Å². The summed E-state index contributed by atoms with van der Waals surface area (Å²) in [6.45, 7) is 3.89. The Bertz CT molecular complexity index is 1260. The van der Waals surface area contributed by atoms with Gasteiger partial charge in [-0.05, 0) is 42.8 Å². The van der Waals surface area contributed by atoms with E-state index in [0.717, 1.165) is 21.8 Å². The van der Waals surface area contributed by atoms with Crippen LogP contribution in [0.2, 0.25) is 0 Å². The molecule has 0 amide bonds. The number of nitrogen functional groups attached to an aromatic ring is 2. The molecule has 0 saturated carbocycles. The zero-order chi connectivity index (χ0) is 21.3. The number of benzene rings is 2. The quantitative estimate of drug-likeness (QED) is 0.446. The van der Waals surface area contributed by atoms with E-state index < -0.39 is 0 Å². The third-order valence-electron chi connectivity index (χ3n) is 4.74. The van der Waals surface area contributed by atoms with Gasteiger partial charge in [-0.3, -0.25) is 9.36 Å². The maximum Gasteiger partial charge on any atom is 0.271 e. The number of rotatable bonds is 5. The van der Waals surface area contributed by atoms with Gasteiger partial charge in [-0.15, -0.1) is 10.2 Å². The monoisotopic (exact) mass is 435 g/mol. The molecule has 0 atom stereocenters. The van der Waals surface area contributed by atoms with E-state index in [9.17, 15) is 4.79 Å². The number of anilines is 2. The van der Waals surface area contributed by atoms with E-state index in [1.807, 2.05) is 62.4 Å². The number of para-hydroxylation sites is 2. The van der Waals surface area contributed by atoms with Gasteiger partial charge in [0.15, 0.2) is 4.34 Å². The summed E-state index contributed by atoms with van der Waals surface area (Å²) in [6.07, 6.45) is 0.612. The third kappa shape index (κ3) is 3.59. The molecule has 30 heavy (non-hydrogen) atoms. The maximum absolute atomic E-state index is 13.7. The van der Waals surface area contributed by atoms with E-state index >= 15 is 0 Å². The van der Waals surface area contributed by atoms with E-state index in [0.29, 0.717) is 32.7 Å². The van der Waals surface area contributed by atoms with Gasteiger partial charge >= 0.3 is 0 Å². The highest BCUT2D eigenvalue weighted by atomic mass is 32.2. The van der Waals surface area contributed by atoms with Gasteiger partial charge < -0.3 is 11.5 Å².